The Hall–Kier alpha value is -2.37. The predicted molar refractivity (Wildman–Crippen MR) is 100 cm³/mol. The van der Waals surface area contributed by atoms with Crippen molar-refractivity contribution < 1.29 is 14.4 Å². The molecule has 0 aromatic heterocycles. The minimum absolute atomic E-state index is 0.00966. The molecule has 2 heterocycles. The summed E-state index contributed by atoms with van der Waals surface area (Å²) < 4.78 is 0. The molecule has 0 spiro atoms. The zero-order valence-electron chi connectivity index (χ0n) is 15.4. The topological polar surface area (TPSA) is 69.7 Å². The second-order valence-electron chi connectivity index (χ2n) is 7.18. The zero-order chi connectivity index (χ0) is 18.5. The first-order valence-electron chi connectivity index (χ1n) is 9.51. The summed E-state index contributed by atoms with van der Waals surface area (Å²) in [5.41, 5.74) is 1.33. The summed E-state index contributed by atoms with van der Waals surface area (Å²) in [7, 11) is 0. The lowest BCUT2D eigenvalue weighted by Crippen LogP contribution is -2.47. The monoisotopic (exact) mass is 357 g/mol. The number of benzene rings is 1. The van der Waals surface area contributed by atoms with Crippen molar-refractivity contribution in [1.82, 2.24) is 9.80 Å². The fourth-order valence-corrected chi connectivity index (χ4v) is 3.80. The van der Waals surface area contributed by atoms with Gasteiger partial charge in [0.1, 0.15) is 0 Å². The van der Waals surface area contributed by atoms with E-state index in [1.54, 1.807) is 24.3 Å². The van der Waals surface area contributed by atoms with Gasteiger partial charge in [0.25, 0.3) is 0 Å². The number of amides is 3. The number of likely N-dealkylation sites (tertiary alicyclic amines) is 2. The van der Waals surface area contributed by atoms with Crippen molar-refractivity contribution in [2.75, 3.05) is 25.0 Å². The van der Waals surface area contributed by atoms with Crippen molar-refractivity contribution in [3.05, 3.63) is 29.8 Å². The normalized spacial score (nSPS) is 20.3. The molecule has 0 aliphatic carbocycles. The molecule has 3 amide bonds. The number of nitrogens with zero attached hydrogens (tertiary/aromatic N) is 2. The molecule has 1 aromatic carbocycles. The van der Waals surface area contributed by atoms with Crippen LogP contribution < -0.4 is 5.32 Å². The Morgan fingerprint density at radius 1 is 1.12 bits per heavy atom. The zero-order valence-corrected chi connectivity index (χ0v) is 15.4. The molecule has 0 saturated carbocycles. The maximum atomic E-state index is 12.7. The number of ketones is 1. The number of carbonyl (C=O) groups is 3. The first kappa shape index (κ1) is 18.4. The Kier molecular flexibility index (Phi) is 5.91. The first-order valence-corrected chi connectivity index (χ1v) is 9.51. The Balaban J connectivity index is 1.58. The maximum absolute atomic E-state index is 12.7. The number of nitrogens with one attached hydrogen (secondary N) is 1. The van der Waals surface area contributed by atoms with Gasteiger partial charge in [0.15, 0.2) is 5.78 Å². The lowest BCUT2D eigenvalue weighted by atomic mass is 9.99. The SMILES string of the molecule is CC(=O)c1ccc(NC(=O)N2CCCC[C@H]2CCN2CCCC2=O)cc1. The number of anilines is 1. The number of piperidine rings is 1. The summed E-state index contributed by atoms with van der Waals surface area (Å²) in [5, 5.41) is 2.94. The van der Waals surface area contributed by atoms with E-state index in [0.29, 0.717) is 17.7 Å². The molecule has 1 atom stereocenters. The molecule has 26 heavy (non-hydrogen) atoms. The maximum Gasteiger partial charge on any atom is 0.322 e. The number of hydrogen-bond acceptors (Lipinski definition) is 3. The van der Waals surface area contributed by atoms with Crippen LogP contribution in [0.25, 0.3) is 0 Å². The molecule has 2 aliphatic heterocycles. The molecular weight excluding hydrogens is 330 g/mol. The van der Waals surface area contributed by atoms with Gasteiger partial charge < -0.3 is 15.1 Å². The lowest BCUT2D eigenvalue weighted by molar-refractivity contribution is -0.127. The van der Waals surface area contributed by atoms with Gasteiger partial charge in [-0.1, -0.05) is 0 Å². The van der Waals surface area contributed by atoms with Gasteiger partial charge in [0, 0.05) is 43.3 Å². The summed E-state index contributed by atoms with van der Waals surface area (Å²) >= 11 is 0. The lowest BCUT2D eigenvalue weighted by Gasteiger charge is -2.36. The van der Waals surface area contributed by atoms with Crippen LogP contribution in [0.3, 0.4) is 0 Å². The molecule has 3 rings (SSSR count). The molecule has 1 aromatic rings. The fraction of sp³-hybridized carbons (Fsp3) is 0.550. The molecular formula is C20H27N3O3. The third-order valence-corrected chi connectivity index (χ3v) is 5.33. The second-order valence-corrected chi connectivity index (χ2v) is 7.18. The third-order valence-electron chi connectivity index (χ3n) is 5.33. The van der Waals surface area contributed by atoms with Crippen molar-refractivity contribution in [1.29, 1.82) is 0 Å². The fourth-order valence-electron chi connectivity index (χ4n) is 3.80. The van der Waals surface area contributed by atoms with Gasteiger partial charge in [-0.2, -0.15) is 0 Å². The van der Waals surface area contributed by atoms with Crippen molar-refractivity contribution in [3.63, 3.8) is 0 Å². The van der Waals surface area contributed by atoms with Gasteiger partial charge in [0.2, 0.25) is 5.91 Å². The second kappa shape index (κ2) is 8.34. The Labute approximate surface area is 154 Å². The highest BCUT2D eigenvalue weighted by Gasteiger charge is 2.28. The number of rotatable bonds is 5. The van der Waals surface area contributed by atoms with Gasteiger partial charge in [-0.15, -0.1) is 0 Å². The van der Waals surface area contributed by atoms with Gasteiger partial charge in [-0.25, -0.2) is 4.79 Å². The van der Waals surface area contributed by atoms with Crippen LogP contribution >= 0.6 is 0 Å². The van der Waals surface area contributed by atoms with E-state index in [4.69, 9.17) is 0 Å². The van der Waals surface area contributed by atoms with Crippen LogP contribution in [-0.4, -0.2) is 53.2 Å². The highest BCUT2D eigenvalue weighted by molar-refractivity contribution is 5.95. The van der Waals surface area contributed by atoms with E-state index in [0.717, 1.165) is 51.7 Å². The van der Waals surface area contributed by atoms with Crippen LogP contribution in [0.2, 0.25) is 0 Å². The molecule has 0 radical (unpaired) electrons. The molecule has 0 bridgehead atoms. The van der Waals surface area contributed by atoms with Crippen LogP contribution in [0.4, 0.5) is 10.5 Å². The number of hydrogen-bond donors (Lipinski definition) is 1. The standard InChI is InChI=1S/C20H27N3O3/c1-15(24)16-7-9-17(10-8-16)21-20(26)23-13-3-2-5-18(23)11-14-22-12-4-6-19(22)25/h7-10,18H,2-6,11-14H2,1H3,(H,21,26)/t18-/m0/s1. The average molecular weight is 357 g/mol. The molecule has 0 unspecified atom stereocenters. The van der Waals surface area contributed by atoms with Crippen molar-refractivity contribution >= 4 is 23.4 Å². The van der Waals surface area contributed by atoms with Gasteiger partial charge >= 0.3 is 6.03 Å². The Morgan fingerprint density at radius 2 is 1.88 bits per heavy atom. The van der Waals surface area contributed by atoms with E-state index < -0.39 is 0 Å². The third kappa shape index (κ3) is 4.42. The van der Waals surface area contributed by atoms with Crippen LogP contribution in [0.1, 0.15) is 55.8 Å². The van der Waals surface area contributed by atoms with E-state index >= 15 is 0 Å². The van der Waals surface area contributed by atoms with E-state index in [-0.39, 0.29) is 23.8 Å². The summed E-state index contributed by atoms with van der Waals surface area (Å²) in [6.45, 7) is 3.86. The Morgan fingerprint density at radius 3 is 2.54 bits per heavy atom. The molecule has 2 saturated heterocycles. The number of urea groups is 1. The van der Waals surface area contributed by atoms with Crippen molar-refractivity contribution in [2.45, 2.75) is 51.5 Å². The van der Waals surface area contributed by atoms with Gasteiger partial charge in [-0.05, 0) is 63.3 Å². The number of carbonyl (C=O) groups excluding carboxylic acids is 3. The molecule has 2 fully saturated rings. The van der Waals surface area contributed by atoms with Crippen LogP contribution in [-0.2, 0) is 4.79 Å². The smallest absolute Gasteiger partial charge is 0.322 e. The van der Waals surface area contributed by atoms with E-state index in [9.17, 15) is 14.4 Å². The van der Waals surface area contributed by atoms with Crippen molar-refractivity contribution in [3.8, 4) is 0 Å². The summed E-state index contributed by atoms with van der Waals surface area (Å²) in [4.78, 5) is 39.7. The molecule has 6 nitrogen and oxygen atoms in total. The summed E-state index contributed by atoms with van der Waals surface area (Å²) in [5.74, 6) is 0.248. The van der Waals surface area contributed by atoms with E-state index in [1.807, 2.05) is 9.80 Å². The minimum Gasteiger partial charge on any atom is -0.343 e. The van der Waals surface area contributed by atoms with Crippen LogP contribution in [0.5, 0.6) is 0 Å². The van der Waals surface area contributed by atoms with Crippen LogP contribution in [0.15, 0.2) is 24.3 Å². The summed E-state index contributed by atoms with van der Waals surface area (Å²) in [6.07, 6.45) is 5.56. The van der Waals surface area contributed by atoms with Crippen molar-refractivity contribution in [2.24, 2.45) is 0 Å². The highest BCUT2D eigenvalue weighted by atomic mass is 16.2. The largest absolute Gasteiger partial charge is 0.343 e. The quantitative estimate of drug-likeness (QED) is 0.822. The Bertz CT molecular complexity index is 671. The van der Waals surface area contributed by atoms with Gasteiger partial charge in [-0.3, -0.25) is 9.59 Å². The van der Waals surface area contributed by atoms with E-state index in [2.05, 4.69) is 5.32 Å². The molecule has 1 N–H and O–H groups in total. The molecule has 140 valence electrons. The minimum atomic E-state index is -0.0991. The van der Waals surface area contributed by atoms with E-state index in [1.165, 1.54) is 6.92 Å². The highest BCUT2D eigenvalue weighted by Crippen LogP contribution is 2.22. The van der Waals surface area contributed by atoms with Gasteiger partial charge in [0.05, 0.1) is 0 Å². The average Bonchev–Trinajstić information content (AvgIpc) is 3.05. The molecule has 2 aliphatic rings. The number of Topliss-reactive ketones (excluding diaryl/α,β-unsaturated/α-hetero) is 1. The summed E-state index contributed by atoms with van der Waals surface area (Å²) in [6, 6.07) is 7.05. The van der Waals surface area contributed by atoms with Crippen LogP contribution in [0, 0.1) is 0 Å². The first-order chi connectivity index (χ1) is 12.5. The molecule has 6 heteroatoms. The predicted octanol–water partition coefficient (Wildman–Crippen LogP) is 3.29.